The Morgan fingerprint density at radius 1 is 1.41 bits per heavy atom. The molecule has 1 atom stereocenters. The van der Waals surface area contributed by atoms with Crippen LogP contribution in [0, 0.1) is 5.92 Å². The first kappa shape index (κ1) is 16.8. The van der Waals surface area contributed by atoms with E-state index in [0.29, 0.717) is 16.3 Å². The second kappa shape index (κ2) is 7.11. The summed E-state index contributed by atoms with van der Waals surface area (Å²) >= 11 is 6.17. The lowest BCUT2D eigenvalue weighted by Gasteiger charge is -2.24. The van der Waals surface area contributed by atoms with Crippen LogP contribution in [0.5, 0.6) is 0 Å². The van der Waals surface area contributed by atoms with Gasteiger partial charge in [0.1, 0.15) is 0 Å². The van der Waals surface area contributed by atoms with Gasteiger partial charge >= 0.3 is 0 Å². The van der Waals surface area contributed by atoms with Crippen molar-refractivity contribution < 1.29 is 9.59 Å². The van der Waals surface area contributed by atoms with E-state index in [-0.39, 0.29) is 23.8 Å². The Hall–Kier alpha value is -1.59. The summed E-state index contributed by atoms with van der Waals surface area (Å²) in [6.45, 7) is 5.35. The predicted octanol–water partition coefficient (Wildman–Crippen LogP) is 2.37. The van der Waals surface area contributed by atoms with Crippen molar-refractivity contribution in [1.82, 2.24) is 10.2 Å². The zero-order chi connectivity index (χ0) is 16.3. The molecular weight excluding hydrogens is 302 g/mol. The average molecular weight is 324 g/mol. The molecule has 1 unspecified atom stereocenters. The standard InChI is InChI=1S/C16H22ClN3O2/c1-10(2)15(21)19-11-4-5-14(17)13(8-11)16(22)20(3)12-6-7-18-9-12/h4-5,8,10,12,18H,6-7,9H2,1-3H3,(H,19,21). The Bertz CT molecular complexity index is 569. The summed E-state index contributed by atoms with van der Waals surface area (Å²) in [6, 6.07) is 5.17. The highest BCUT2D eigenvalue weighted by Crippen LogP contribution is 2.23. The number of benzene rings is 1. The topological polar surface area (TPSA) is 61.4 Å². The molecule has 1 aromatic carbocycles. The highest BCUT2D eigenvalue weighted by molar-refractivity contribution is 6.34. The van der Waals surface area contributed by atoms with Crippen LogP contribution in [0.25, 0.3) is 0 Å². The van der Waals surface area contributed by atoms with Crippen molar-refractivity contribution in [3.05, 3.63) is 28.8 Å². The van der Waals surface area contributed by atoms with E-state index in [1.807, 2.05) is 13.8 Å². The van der Waals surface area contributed by atoms with Crippen molar-refractivity contribution in [2.75, 3.05) is 25.5 Å². The molecule has 1 aliphatic heterocycles. The van der Waals surface area contributed by atoms with Crippen LogP contribution in [-0.2, 0) is 4.79 Å². The van der Waals surface area contributed by atoms with Gasteiger partial charge in [0, 0.05) is 31.2 Å². The maximum absolute atomic E-state index is 12.6. The third kappa shape index (κ3) is 3.78. The quantitative estimate of drug-likeness (QED) is 0.894. The minimum atomic E-state index is -0.126. The van der Waals surface area contributed by atoms with Crippen LogP contribution in [0.1, 0.15) is 30.6 Å². The highest BCUT2D eigenvalue weighted by atomic mass is 35.5. The molecular formula is C16H22ClN3O2. The number of carbonyl (C=O) groups is 2. The fourth-order valence-corrected chi connectivity index (χ4v) is 2.58. The van der Waals surface area contributed by atoms with Gasteiger partial charge < -0.3 is 15.5 Å². The van der Waals surface area contributed by atoms with Crippen molar-refractivity contribution >= 4 is 29.1 Å². The summed E-state index contributed by atoms with van der Waals surface area (Å²) in [6.07, 6.45) is 0.934. The van der Waals surface area contributed by atoms with E-state index in [2.05, 4.69) is 10.6 Å². The minimum Gasteiger partial charge on any atom is -0.337 e. The molecule has 0 radical (unpaired) electrons. The van der Waals surface area contributed by atoms with Gasteiger partial charge in [-0.25, -0.2) is 0 Å². The molecule has 120 valence electrons. The van der Waals surface area contributed by atoms with E-state index in [1.54, 1.807) is 30.1 Å². The molecule has 2 N–H and O–H groups in total. The molecule has 22 heavy (non-hydrogen) atoms. The number of carbonyl (C=O) groups excluding carboxylic acids is 2. The number of nitrogens with one attached hydrogen (secondary N) is 2. The molecule has 1 aliphatic rings. The second-order valence-electron chi connectivity index (χ2n) is 5.90. The Labute approximate surface area is 136 Å². The fraction of sp³-hybridized carbons (Fsp3) is 0.500. The molecule has 5 nitrogen and oxygen atoms in total. The highest BCUT2D eigenvalue weighted by Gasteiger charge is 2.25. The zero-order valence-electron chi connectivity index (χ0n) is 13.1. The summed E-state index contributed by atoms with van der Waals surface area (Å²) in [4.78, 5) is 26.1. The minimum absolute atomic E-state index is 0.0888. The van der Waals surface area contributed by atoms with Crippen molar-refractivity contribution in [2.24, 2.45) is 5.92 Å². The third-order valence-electron chi connectivity index (χ3n) is 3.89. The lowest BCUT2D eigenvalue weighted by atomic mass is 10.1. The summed E-state index contributed by atoms with van der Waals surface area (Å²) in [5.74, 6) is -0.338. The van der Waals surface area contributed by atoms with Gasteiger partial charge in [-0.3, -0.25) is 9.59 Å². The van der Waals surface area contributed by atoms with E-state index in [1.165, 1.54) is 0 Å². The molecule has 1 saturated heterocycles. The van der Waals surface area contributed by atoms with Crippen LogP contribution in [-0.4, -0.2) is 42.9 Å². The number of anilines is 1. The maximum atomic E-state index is 12.6. The molecule has 0 aromatic heterocycles. The number of hydrogen-bond donors (Lipinski definition) is 2. The first-order valence-electron chi connectivity index (χ1n) is 7.48. The van der Waals surface area contributed by atoms with E-state index in [4.69, 9.17) is 11.6 Å². The SMILES string of the molecule is CC(C)C(=O)Nc1ccc(Cl)c(C(=O)N(C)C2CCNC2)c1. The molecule has 0 bridgehead atoms. The van der Waals surface area contributed by atoms with E-state index in [9.17, 15) is 9.59 Å². The molecule has 0 aliphatic carbocycles. The fourth-order valence-electron chi connectivity index (χ4n) is 2.38. The number of halogens is 1. The van der Waals surface area contributed by atoms with Crippen LogP contribution in [0.15, 0.2) is 18.2 Å². The Morgan fingerprint density at radius 2 is 2.14 bits per heavy atom. The van der Waals surface area contributed by atoms with Crippen LogP contribution in [0.3, 0.4) is 0 Å². The smallest absolute Gasteiger partial charge is 0.255 e. The van der Waals surface area contributed by atoms with E-state index in [0.717, 1.165) is 19.5 Å². The first-order chi connectivity index (χ1) is 10.4. The molecule has 2 amide bonds. The number of amides is 2. The lowest BCUT2D eigenvalue weighted by Crippen LogP contribution is -2.38. The van der Waals surface area contributed by atoms with Crippen molar-refractivity contribution in [3.8, 4) is 0 Å². The maximum Gasteiger partial charge on any atom is 0.255 e. The molecule has 1 heterocycles. The van der Waals surface area contributed by atoms with Gasteiger partial charge in [-0.15, -0.1) is 0 Å². The Kier molecular flexibility index (Phi) is 5.42. The normalized spacial score (nSPS) is 17.6. The van der Waals surface area contributed by atoms with Crippen molar-refractivity contribution in [2.45, 2.75) is 26.3 Å². The van der Waals surface area contributed by atoms with E-state index >= 15 is 0 Å². The van der Waals surface area contributed by atoms with Gasteiger partial charge in [0.25, 0.3) is 5.91 Å². The van der Waals surface area contributed by atoms with Gasteiger partial charge in [0.15, 0.2) is 0 Å². The van der Waals surface area contributed by atoms with Gasteiger partial charge in [-0.05, 0) is 31.2 Å². The van der Waals surface area contributed by atoms with E-state index < -0.39 is 0 Å². The molecule has 0 saturated carbocycles. The van der Waals surface area contributed by atoms with Crippen LogP contribution in [0.4, 0.5) is 5.69 Å². The van der Waals surface area contributed by atoms with Gasteiger partial charge in [-0.2, -0.15) is 0 Å². The summed E-state index contributed by atoms with van der Waals surface area (Å²) < 4.78 is 0. The predicted molar refractivity (Wildman–Crippen MR) is 88.3 cm³/mol. The number of nitrogens with zero attached hydrogens (tertiary/aromatic N) is 1. The van der Waals surface area contributed by atoms with Crippen molar-refractivity contribution in [1.29, 1.82) is 0 Å². The molecule has 0 spiro atoms. The third-order valence-corrected chi connectivity index (χ3v) is 4.22. The lowest BCUT2D eigenvalue weighted by molar-refractivity contribution is -0.118. The van der Waals surface area contributed by atoms with Crippen molar-refractivity contribution in [3.63, 3.8) is 0 Å². The average Bonchev–Trinajstić information content (AvgIpc) is 3.01. The molecule has 1 fully saturated rings. The van der Waals surface area contributed by atoms with Gasteiger partial charge in [0.05, 0.1) is 10.6 Å². The monoisotopic (exact) mass is 323 g/mol. The Balaban J connectivity index is 2.18. The molecule has 1 aromatic rings. The number of rotatable bonds is 4. The zero-order valence-corrected chi connectivity index (χ0v) is 13.9. The summed E-state index contributed by atoms with van der Waals surface area (Å²) in [5.41, 5.74) is 1.00. The molecule has 2 rings (SSSR count). The second-order valence-corrected chi connectivity index (χ2v) is 6.31. The molecule has 6 heteroatoms. The van der Waals surface area contributed by atoms with Gasteiger partial charge in [-0.1, -0.05) is 25.4 Å². The summed E-state index contributed by atoms with van der Waals surface area (Å²) in [7, 11) is 1.79. The van der Waals surface area contributed by atoms with Crippen LogP contribution >= 0.6 is 11.6 Å². The Morgan fingerprint density at radius 3 is 2.73 bits per heavy atom. The number of likely N-dealkylation sites (N-methyl/N-ethyl adjacent to an activating group) is 1. The van der Waals surface area contributed by atoms with Crippen LogP contribution < -0.4 is 10.6 Å². The largest absolute Gasteiger partial charge is 0.337 e. The summed E-state index contributed by atoms with van der Waals surface area (Å²) in [5, 5.41) is 6.43. The number of hydrogen-bond acceptors (Lipinski definition) is 3. The van der Waals surface area contributed by atoms with Gasteiger partial charge in [0.2, 0.25) is 5.91 Å². The van der Waals surface area contributed by atoms with Crippen LogP contribution in [0.2, 0.25) is 5.02 Å². The first-order valence-corrected chi connectivity index (χ1v) is 7.86.